The van der Waals surface area contributed by atoms with E-state index < -0.39 is 0 Å². The standard InChI is InChI=1S/C20H23N5/c1-22-20(23-16-18-9-7-17(15-21)8-10-18)25-13-11-24(12-14-25)19-5-3-2-4-6-19/h2-10H,11-14,16H2,1H3,(H,22,23). The highest BCUT2D eigenvalue weighted by Gasteiger charge is 2.19. The van der Waals surface area contributed by atoms with Gasteiger partial charge in [0.25, 0.3) is 0 Å². The van der Waals surface area contributed by atoms with E-state index in [4.69, 9.17) is 5.26 Å². The maximum atomic E-state index is 8.86. The summed E-state index contributed by atoms with van der Waals surface area (Å²) < 4.78 is 0. The summed E-state index contributed by atoms with van der Waals surface area (Å²) in [5.74, 6) is 0.928. The Morgan fingerprint density at radius 2 is 1.72 bits per heavy atom. The molecule has 5 nitrogen and oxygen atoms in total. The quantitative estimate of drug-likeness (QED) is 0.692. The Morgan fingerprint density at radius 1 is 1.04 bits per heavy atom. The molecule has 25 heavy (non-hydrogen) atoms. The van der Waals surface area contributed by atoms with Crippen molar-refractivity contribution in [2.75, 3.05) is 38.1 Å². The second-order valence-corrected chi connectivity index (χ2v) is 6.02. The first-order valence-electron chi connectivity index (χ1n) is 8.55. The number of hydrogen-bond donors (Lipinski definition) is 1. The Kier molecular flexibility index (Phi) is 5.53. The molecular weight excluding hydrogens is 310 g/mol. The smallest absolute Gasteiger partial charge is 0.194 e. The Balaban J connectivity index is 1.53. The molecule has 128 valence electrons. The van der Waals surface area contributed by atoms with Crippen molar-refractivity contribution in [3.8, 4) is 6.07 Å². The zero-order valence-corrected chi connectivity index (χ0v) is 14.5. The van der Waals surface area contributed by atoms with E-state index in [2.05, 4.69) is 56.5 Å². The van der Waals surface area contributed by atoms with Gasteiger partial charge in [-0.2, -0.15) is 5.26 Å². The molecule has 1 aliphatic rings. The highest BCUT2D eigenvalue weighted by Crippen LogP contribution is 2.15. The normalized spacial score (nSPS) is 15.0. The van der Waals surface area contributed by atoms with E-state index in [1.165, 1.54) is 5.69 Å². The van der Waals surface area contributed by atoms with Gasteiger partial charge in [0, 0.05) is 45.5 Å². The average molecular weight is 333 g/mol. The van der Waals surface area contributed by atoms with E-state index in [1.807, 2.05) is 31.3 Å². The van der Waals surface area contributed by atoms with Gasteiger partial charge in [0.15, 0.2) is 5.96 Å². The van der Waals surface area contributed by atoms with Gasteiger partial charge in [-0.3, -0.25) is 4.99 Å². The molecule has 1 saturated heterocycles. The first-order valence-corrected chi connectivity index (χ1v) is 8.55. The van der Waals surface area contributed by atoms with Gasteiger partial charge < -0.3 is 15.1 Å². The van der Waals surface area contributed by atoms with E-state index in [1.54, 1.807) is 0 Å². The number of aliphatic imine (C=N–C) groups is 1. The lowest BCUT2D eigenvalue weighted by atomic mass is 10.1. The highest BCUT2D eigenvalue weighted by atomic mass is 15.3. The minimum atomic E-state index is 0.685. The van der Waals surface area contributed by atoms with Crippen LogP contribution in [0, 0.1) is 11.3 Å². The summed E-state index contributed by atoms with van der Waals surface area (Å²) in [6.07, 6.45) is 0. The summed E-state index contributed by atoms with van der Waals surface area (Å²) in [7, 11) is 1.82. The van der Waals surface area contributed by atoms with Crippen molar-refractivity contribution in [2.24, 2.45) is 4.99 Å². The molecule has 0 bridgehead atoms. The predicted octanol–water partition coefficient (Wildman–Crippen LogP) is 2.46. The Hall–Kier alpha value is -3.00. The van der Waals surface area contributed by atoms with Crippen LogP contribution >= 0.6 is 0 Å². The zero-order valence-electron chi connectivity index (χ0n) is 14.5. The molecule has 0 atom stereocenters. The van der Waals surface area contributed by atoms with Gasteiger partial charge in [0.05, 0.1) is 11.6 Å². The fourth-order valence-electron chi connectivity index (χ4n) is 3.03. The third kappa shape index (κ3) is 4.30. The monoisotopic (exact) mass is 333 g/mol. The number of anilines is 1. The number of nitriles is 1. The van der Waals surface area contributed by atoms with Crippen molar-refractivity contribution in [3.63, 3.8) is 0 Å². The van der Waals surface area contributed by atoms with Gasteiger partial charge >= 0.3 is 0 Å². The van der Waals surface area contributed by atoms with Crippen LogP contribution in [0.3, 0.4) is 0 Å². The van der Waals surface area contributed by atoms with Gasteiger partial charge in [-0.15, -0.1) is 0 Å². The van der Waals surface area contributed by atoms with Gasteiger partial charge in [0.1, 0.15) is 0 Å². The first kappa shape index (κ1) is 16.8. The molecule has 1 N–H and O–H groups in total. The summed E-state index contributed by atoms with van der Waals surface area (Å²) in [4.78, 5) is 9.12. The minimum Gasteiger partial charge on any atom is -0.368 e. The van der Waals surface area contributed by atoms with Gasteiger partial charge in [0.2, 0.25) is 0 Å². The van der Waals surface area contributed by atoms with Gasteiger partial charge in [-0.25, -0.2) is 0 Å². The second kappa shape index (κ2) is 8.20. The van der Waals surface area contributed by atoms with Gasteiger partial charge in [-0.05, 0) is 29.8 Å². The maximum Gasteiger partial charge on any atom is 0.194 e. The predicted molar refractivity (Wildman–Crippen MR) is 102 cm³/mol. The molecule has 1 fully saturated rings. The molecule has 2 aromatic rings. The van der Waals surface area contributed by atoms with Crippen molar-refractivity contribution in [2.45, 2.75) is 6.54 Å². The van der Waals surface area contributed by atoms with Crippen LogP contribution in [0.2, 0.25) is 0 Å². The van der Waals surface area contributed by atoms with Crippen molar-refractivity contribution in [1.82, 2.24) is 10.2 Å². The summed E-state index contributed by atoms with van der Waals surface area (Å²) in [5.41, 5.74) is 3.11. The third-order valence-electron chi connectivity index (χ3n) is 4.45. The van der Waals surface area contributed by atoms with Crippen LogP contribution < -0.4 is 10.2 Å². The number of hydrogen-bond acceptors (Lipinski definition) is 3. The first-order chi connectivity index (χ1) is 12.3. The molecule has 0 spiro atoms. The molecular formula is C20H23N5. The number of piperazine rings is 1. The minimum absolute atomic E-state index is 0.685. The molecule has 1 heterocycles. The molecule has 0 amide bonds. The topological polar surface area (TPSA) is 54.7 Å². The van der Waals surface area contributed by atoms with E-state index in [9.17, 15) is 0 Å². The second-order valence-electron chi connectivity index (χ2n) is 6.02. The van der Waals surface area contributed by atoms with Crippen LogP contribution in [0.4, 0.5) is 5.69 Å². The molecule has 0 aliphatic carbocycles. The number of rotatable bonds is 3. The number of benzene rings is 2. The molecule has 1 aliphatic heterocycles. The summed E-state index contributed by atoms with van der Waals surface area (Å²) in [6.45, 7) is 4.57. The molecule has 3 rings (SSSR count). The van der Waals surface area contributed by atoms with E-state index in [0.29, 0.717) is 12.1 Å². The molecule has 0 saturated carbocycles. The summed E-state index contributed by atoms with van der Waals surface area (Å²) >= 11 is 0. The fraction of sp³-hybridized carbons (Fsp3) is 0.300. The highest BCUT2D eigenvalue weighted by molar-refractivity contribution is 5.80. The van der Waals surface area contributed by atoms with Crippen LogP contribution in [-0.2, 0) is 6.54 Å². The number of nitrogens with zero attached hydrogens (tertiary/aromatic N) is 4. The summed E-state index contributed by atoms with van der Waals surface area (Å²) in [6, 6.07) is 20.3. The summed E-state index contributed by atoms with van der Waals surface area (Å²) in [5, 5.41) is 12.3. The Bertz CT molecular complexity index is 738. The molecule has 0 radical (unpaired) electrons. The lowest BCUT2D eigenvalue weighted by molar-refractivity contribution is 0.372. The number of guanidine groups is 1. The zero-order chi connectivity index (χ0) is 17.5. The van der Waals surface area contributed by atoms with Gasteiger partial charge in [-0.1, -0.05) is 30.3 Å². The molecule has 0 aromatic heterocycles. The Morgan fingerprint density at radius 3 is 2.32 bits per heavy atom. The van der Waals surface area contributed by atoms with Crippen molar-refractivity contribution in [3.05, 3.63) is 65.7 Å². The van der Waals surface area contributed by atoms with Crippen molar-refractivity contribution >= 4 is 11.6 Å². The van der Waals surface area contributed by atoms with Crippen LogP contribution in [0.1, 0.15) is 11.1 Å². The number of nitrogens with one attached hydrogen (secondary N) is 1. The molecule has 2 aromatic carbocycles. The van der Waals surface area contributed by atoms with Crippen LogP contribution in [-0.4, -0.2) is 44.1 Å². The van der Waals surface area contributed by atoms with Crippen LogP contribution in [0.5, 0.6) is 0 Å². The largest absolute Gasteiger partial charge is 0.368 e. The van der Waals surface area contributed by atoms with E-state index >= 15 is 0 Å². The lowest BCUT2D eigenvalue weighted by Crippen LogP contribution is -2.52. The number of para-hydroxylation sites is 1. The third-order valence-corrected chi connectivity index (χ3v) is 4.45. The molecule has 0 unspecified atom stereocenters. The van der Waals surface area contributed by atoms with Crippen molar-refractivity contribution < 1.29 is 0 Å². The van der Waals surface area contributed by atoms with E-state index in [-0.39, 0.29) is 0 Å². The SMILES string of the molecule is CN=C(NCc1ccc(C#N)cc1)N1CCN(c2ccccc2)CC1. The Labute approximate surface area is 149 Å². The maximum absolute atomic E-state index is 8.86. The molecule has 5 heteroatoms. The van der Waals surface area contributed by atoms with Crippen LogP contribution in [0.15, 0.2) is 59.6 Å². The van der Waals surface area contributed by atoms with Crippen LogP contribution in [0.25, 0.3) is 0 Å². The average Bonchev–Trinajstić information content (AvgIpc) is 2.70. The van der Waals surface area contributed by atoms with Crippen molar-refractivity contribution in [1.29, 1.82) is 5.26 Å². The van der Waals surface area contributed by atoms with E-state index in [0.717, 1.165) is 37.7 Å². The lowest BCUT2D eigenvalue weighted by Gasteiger charge is -2.37. The fourth-order valence-corrected chi connectivity index (χ4v) is 3.03.